The van der Waals surface area contributed by atoms with E-state index in [0.717, 1.165) is 12.1 Å². The van der Waals surface area contributed by atoms with Crippen LogP contribution in [0.25, 0.3) is 0 Å². The van der Waals surface area contributed by atoms with E-state index in [1.165, 1.54) is 18.4 Å². The number of ether oxygens (including phenoxy) is 1. The molecule has 0 aliphatic heterocycles. The highest BCUT2D eigenvalue weighted by Crippen LogP contribution is 2.17. The van der Waals surface area contributed by atoms with Crippen LogP contribution in [0.2, 0.25) is 0 Å². The molecule has 3 N–H and O–H groups in total. The summed E-state index contributed by atoms with van der Waals surface area (Å²) in [4.78, 5) is 12.1. The van der Waals surface area contributed by atoms with Gasteiger partial charge in [0.15, 0.2) is 0 Å². The van der Waals surface area contributed by atoms with Crippen molar-refractivity contribution >= 4 is 17.6 Å². The molecule has 0 aliphatic carbocycles. The summed E-state index contributed by atoms with van der Waals surface area (Å²) in [6.07, 6.45) is 3.50. The van der Waals surface area contributed by atoms with Crippen LogP contribution < -0.4 is 15.8 Å². The van der Waals surface area contributed by atoms with Crippen molar-refractivity contribution in [2.24, 2.45) is 0 Å². The molecule has 0 atom stereocenters. The monoisotopic (exact) mass is 287 g/mol. The largest absolute Gasteiger partial charge is 0.464 e. The Morgan fingerprint density at radius 2 is 1.86 bits per heavy atom. The molecule has 0 spiro atoms. The molecule has 0 fully saturated rings. The van der Waals surface area contributed by atoms with Gasteiger partial charge in [0, 0.05) is 5.69 Å². The van der Waals surface area contributed by atoms with Crippen molar-refractivity contribution in [1.29, 1.82) is 0 Å². The number of anilines is 3. The molecule has 1 aromatic heterocycles. The third kappa shape index (κ3) is 4.59. The number of aromatic nitrogens is 3. The quantitative estimate of drug-likeness (QED) is 0.814. The van der Waals surface area contributed by atoms with E-state index in [4.69, 9.17) is 10.5 Å². The molecule has 2 aromatic rings. The first-order valence-corrected chi connectivity index (χ1v) is 7.21. The van der Waals surface area contributed by atoms with Gasteiger partial charge in [0.25, 0.3) is 0 Å². The van der Waals surface area contributed by atoms with E-state index < -0.39 is 0 Å². The molecule has 0 bridgehead atoms. The van der Waals surface area contributed by atoms with Crippen LogP contribution in [0.3, 0.4) is 0 Å². The minimum atomic E-state index is 0.135. The summed E-state index contributed by atoms with van der Waals surface area (Å²) in [6, 6.07) is 8.45. The molecule has 1 heterocycles. The van der Waals surface area contributed by atoms with Gasteiger partial charge in [-0.2, -0.15) is 15.0 Å². The summed E-state index contributed by atoms with van der Waals surface area (Å²) in [7, 11) is 0. The molecule has 0 aliphatic rings. The van der Waals surface area contributed by atoms with Crippen LogP contribution in [-0.2, 0) is 6.42 Å². The average Bonchev–Trinajstić information content (AvgIpc) is 2.46. The number of nitrogens with one attached hydrogen (secondary N) is 1. The number of aryl methyl sites for hydroxylation is 1. The second-order valence-electron chi connectivity index (χ2n) is 4.66. The minimum absolute atomic E-state index is 0.135. The fourth-order valence-electron chi connectivity index (χ4n) is 1.89. The summed E-state index contributed by atoms with van der Waals surface area (Å²) in [5.74, 6) is 0.516. The van der Waals surface area contributed by atoms with E-state index in [-0.39, 0.29) is 12.0 Å². The van der Waals surface area contributed by atoms with E-state index in [2.05, 4.69) is 39.3 Å². The van der Waals surface area contributed by atoms with Crippen molar-refractivity contribution in [2.45, 2.75) is 33.1 Å². The van der Waals surface area contributed by atoms with Gasteiger partial charge in [0.2, 0.25) is 11.9 Å². The van der Waals surface area contributed by atoms with Crippen molar-refractivity contribution in [1.82, 2.24) is 15.0 Å². The molecular weight excluding hydrogens is 266 g/mol. The van der Waals surface area contributed by atoms with Crippen molar-refractivity contribution in [3.63, 3.8) is 0 Å². The first-order valence-electron chi connectivity index (χ1n) is 7.21. The molecule has 112 valence electrons. The molecular formula is C15H21N5O. The summed E-state index contributed by atoms with van der Waals surface area (Å²) >= 11 is 0. The van der Waals surface area contributed by atoms with Crippen LogP contribution >= 0.6 is 0 Å². The van der Waals surface area contributed by atoms with Gasteiger partial charge < -0.3 is 15.8 Å². The first kappa shape index (κ1) is 15.0. The maximum atomic E-state index is 5.64. The van der Waals surface area contributed by atoms with Crippen LogP contribution in [0.4, 0.5) is 17.6 Å². The maximum Gasteiger partial charge on any atom is 0.323 e. The lowest BCUT2D eigenvalue weighted by molar-refractivity contribution is 0.312. The predicted molar refractivity (Wildman–Crippen MR) is 83.7 cm³/mol. The number of hydrogen-bond acceptors (Lipinski definition) is 6. The average molecular weight is 287 g/mol. The van der Waals surface area contributed by atoms with Crippen molar-refractivity contribution in [3.8, 4) is 6.01 Å². The van der Waals surface area contributed by atoms with Crippen molar-refractivity contribution in [3.05, 3.63) is 29.8 Å². The fraction of sp³-hybridized carbons (Fsp3) is 0.400. The number of nitrogens with two attached hydrogens (primary N) is 1. The third-order valence-electron chi connectivity index (χ3n) is 2.93. The number of nitrogen functional groups attached to an aromatic ring is 1. The number of benzene rings is 1. The molecule has 21 heavy (non-hydrogen) atoms. The summed E-state index contributed by atoms with van der Waals surface area (Å²) in [6.45, 7) is 4.54. The van der Waals surface area contributed by atoms with Crippen LogP contribution in [0.15, 0.2) is 24.3 Å². The lowest BCUT2D eigenvalue weighted by Gasteiger charge is -2.08. The van der Waals surface area contributed by atoms with Gasteiger partial charge >= 0.3 is 6.01 Å². The van der Waals surface area contributed by atoms with Gasteiger partial charge in [-0.1, -0.05) is 25.5 Å². The number of rotatable bonds is 7. The topological polar surface area (TPSA) is 86.0 Å². The lowest BCUT2D eigenvalue weighted by Crippen LogP contribution is -2.06. The highest BCUT2D eigenvalue weighted by atomic mass is 16.5. The zero-order valence-corrected chi connectivity index (χ0v) is 12.5. The summed E-state index contributed by atoms with van der Waals surface area (Å²) < 4.78 is 5.25. The Morgan fingerprint density at radius 1 is 1.10 bits per heavy atom. The smallest absolute Gasteiger partial charge is 0.323 e. The summed E-state index contributed by atoms with van der Waals surface area (Å²) in [5, 5.41) is 3.10. The third-order valence-corrected chi connectivity index (χ3v) is 2.93. The van der Waals surface area contributed by atoms with Crippen LogP contribution in [0.5, 0.6) is 6.01 Å². The maximum absolute atomic E-state index is 5.64. The minimum Gasteiger partial charge on any atom is -0.464 e. The van der Waals surface area contributed by atoms with E-state index in [1.54, 1.807) is 0 Å². The molecule has 6 heteroatoms. The first-order chi connectivity index (χ1) is 10.2. The van der Waals surface area contributed by atoms with Crippen molar-refractivity contribution < 1.29 is 4.74 Å². The van der Waals surface area contributed by atoms with Gasteiger partial charge in [0.05, 0.1) is 6.61 Å². The van der Waals surface area contributed by atoms with Crippen molar-refractivity contribution in [2.75, 3.05) is 17.7 Å². The highest BCUT2D eigenvalue weighted by molar-refractivity contribution is 5.54. The Labute approximate surface area is 124 Å². The zero-order chi connectivity index (χ0) is 15.1. The number of nitrogens with zero attached hydrogens (tertiary/aromatic N) is 3. The van der Waals surface area contributed by atoms with Gasteiger partial charge in [0.1, 0.15) is 0 Å². The highest BCUT2D eigenvalue weighted by Gasteiger charge is 2.05. The molecule has 0 radical (unpaired) electrons. The van der Waals surface area contributed by atoms with E-state index in [1.807, 2.05) is 19.1 Å². The Hall–Kier alpha value is -2.37. The van der Waals surface area contributed by atoms with Crippen LogP contribution in [0, 0.1) is 0 Å². The molecule has 0 unspecified atom stereocenters. The number of unbranched alkanes of at least 4 members (excludes halogenated alkanes) is 1. The number of hydrogen-bond donors (Lipinski definition) is 2. The van der Waals surface area contributed by atoms with E-state index >= 15 is 0 Å². The molecule has 0 saturated heterocycles. The van der Waals surface area contributed by atoms with Crippen LogP contribution in [-0.4, -0.2) is 21.6 Å². The van der Waals surface area contributed by atoms with Gasteiger partial charge in [-0.05, 0) is 37.5 Å². The Kier molecular flexibility index (Phi) is 5.31. The van der Waals surface area contributed by atoms with Gasteiger partial charge in [-0.3, -0.25) is 0 Å². The molecule has 1 aromatic carbocycles. The summed E-state index contributed by atoms with van der Waals surface area (Å²) in [5.41, 5.74) is 7.87. The normalized spacial score (nSPS) is 10.4. The zero-order valence-electron chi connectivity index (χ0n) is 12.5. The fourth-order valence-corrected chi connectivity index (χ4v) is 1.89. The predicted octanol–water partition coefficient (Wildman–Crippen LogP) is 2.94. The second kappa shape index (κ2) is 7.42. The van der Waals surface area contributed by atoms with Gasteiger partial charge in [-0.25, -0.2) is 0 Å². The molecule has 0 saturated carbocycles. The van der Waals surface area contributed by atoms with E-state index in [0.29, 0.717) is 12.6 Å². The SMILES string of the molecule is CCCCc1ccc(Nc2nc(N)nc(OCC)n2)cc1. The Morgan fingerprint density at radius 3 is 2.52 bits per heavy atom. The molecule has 2 rings (SSSR count). The molecule has 0 amide bonds. The Balaban J connectivity index is 2.07. The molecule has 6 nitrogen and oxygen atoms in total. The standard InChI is InChI=1S/C15H21N5O/c1-3-5-6-11-7-9-12(10-8-11)17-14-18-13(16)19-15(20-14)21-4-2/h7-10H,3-6H2,1-2H3,(H3,16,17,18,19,20). The second-order valence-corrected chi connectivity index (χ2v) is 4.66. The Bertz CT molecular complexity index is 571. The van der Waals surface area contributed by atoms with E-state index in [9.17, 15) is 0 Å². The lowest BCUT2D eigenvalue weighted by atomic mass is 10.1. The van der Waals surface area contributed by atoms with Crippen LogP contribution in [0.1, 0.15) is 32.3 Å². The van der Waals surface area contributed by atoms with Gasteiger partial charge in [-0.15, -0.1) is 0 Å².